The summed E-state index contributed by atoms with van der Waals surface area (Å²) in [5, 5.41) is 10.0. The minimum Gasteiger partial charge on any atom is -0.508 e. The van der Waals surface area contributed by atoms with Crippen molar-refractivity contribution in [2.75, 3.05) is 11.9 Å². The van der Waals surface area contributed by atoms with Gasteiger partial charge >= 0.3 is 0 Å². The van der Waals surface area contributed by atoms with Crippen molar-refractivity contribution in [3.05, 3.63) is 65.7 Å². The highest BCUT2D eigenvalue weighted by Crippen LogP contribution is 2.14. The quantitative estimate of drug-likeness (QED) is 0.851. The number of hydrogen-bond donors (Lipinski definition) is 1. The van der Waals surface area contributed by atoms with E-state index in [1.807, 2.05) is 30.3 Å². The topological polar surface area (TPSA) is 40.5 Å². The van der Waals surface area contributed by atoms with Gasteiger partial charge < -0.3 is 10.0 Å². The third-order valence-corrected chi connectivity index (χ3v) is 3.33. The van der Waals surface area contributed by atoms with Crippen LogP contribution in [0.2, 0.25) is 0 Å². The minimum absolute atomic E-state index is 0.0340. The highest BCUT2D eigenvalue weighted by atomic mass is 79.9. The third-order valence-electron chi connectivity index (χ3n) is 2.97. The zero-order chi connectivity index (χ0) is 14.4. The van der Waals surface area contributed by atoms with Crippen LogP contribution in [0.3, 0.4) is 0 Å². The Balaban J connectivity index is 2.15. The van der Waals surface area contributed by atoms with Crippen LogP contribution in [-0.4, -0.2) is 27.8 Å². The summed E-state index contributed by atoms with van der Waals surface area (Å²) in [6, 6.07) is 16.2. The highest BCUT2D eigenvalue weighted by Gasteiger charge is 2.15. The monoisotopic (exact) mass is 333 g/mol. The van der Waals surface area contributed by atoms with E-state index in [4.69, 9.17) is 0 Å². The molecule has 2 aromatic rings. The number of nitrogens with zero attached hydrogens (tertiary/aromatic N) is 1. The highest BCUT2D eigenvalue weighted by molar-refractivity contribution is 9.09. The fourth-order valence-corrected chi connectivity index (χ4v) is 2.37. The molecule has 0 saturated heterocycles. The average Bonchev–Trinajstić information content (AvgIpc) is 2.48. The zero-order valence-electron chi connectivity index (χ0n) is 11.0. The lowest BCUT2D eigenvalue weighted by molar-refractivity contribution is 0.0754. The van der Waals surface area contributed by atoms with Crippen LogP contribution in [0.15, 0.2) is 54.6 Å². The summed E-state index contributed by atoms with van der Waals surface area (Å²) in [7, 11) is 0. The molecule has 0 radical (unpaired) electrons. The Morgan fingerprint density at radius 2 is 1.70 bits per heavy atom. The Morgan fingerprint density at radius 3 is 2.30 bits per heavy atom. The van der Waals surface area contributed by atoms with Crippen molar-refractivity contribution >= 4 is 21.8 Å². The van der Waals surface area contributed by atoms with E-state index >= 15 is 0 Å². The molecule has 1 N–H and O–H groups in total. The summed E-state index contributed by atoms with van der Waals surface area (Å²) in [5.74, 6) is 0.130. The Kier molecular flexibility index (Phi) is 5.18. The molecule has 3 nitrogen and oxygen atoms in total. The van der Waals surface area contributed by atoms with Crippen LogP contribution in [0.1, 0.15) is 15.9 Å². The molecule has 0 unspecified atom stereocenters. The standard InChI is InChI=1S/C16H16BrNO2/c17-10-11-18(12-13-4-2-1-3-5-13)16(20)14-6-8-15(19)9-7-14/h1-9,19H,10-12H2. The van der Waals surface area contributed by atoms with Gasteiger partial charge in [-0.3, -0.25) is 4.79 Å². The van der Waals surface area contributed by atoms with Crippen molar-refractivity contribution in [1.82, 2.24) is 4.90 Å². The number of rotatable bonds is 5. The summed E-state index contributed by atoms with van der Waals surface area (Å²) in [4.78, 5) is 14.3. The van der Waals surface area contributed by atoms with Gasteiger partial charge in [0.05, 0.1) is 0 Å². The maximum absolute atomic E-state index is 12.5. The smallest absolute Gasteiger partial charge is 0.254 e. The second kappa shape index (κ2) is 7.10. The summed E-state index contributed by atoms with van der Waals surface area (Å²) in [6.07, 6.45) is 0. The first-order chi connectivity index (χ1) is 9.70. The van der Waals surface area contributed by atoms with Gasteiger partial charge in [-0.1, -0.05) is 46.3 Å². The minimum atomic E-state index is -0.0340. The van der Waals surface area contributed by atoms with Gasteiger partial charge in [0, 0.05) is 24.0 Å². The molecule has 0 atom stereocenters. The van der Waals surface area contributed by atoms with Crippen molar-refractivity contribution < 1.29 is 9.90 Å². The van der Waals surface area contributed by atoms with Crippen LogP contribution < -0.4 is 0 Å². The van der Waals surface area contributed by atoms with E-state index in [-0.39, 0.29) is 11.7 Å². The molecule has 4 heteroatoms. The summed E-state index contributed by atoms with van der Waals surface area (Å²) in [5.41, 5.74) is 1.68. The lowest BCUT2D eigenvalue weighted by Gasteiger charge is -2.22. The van der Waals surface area contributed by atoms with E-state index < -0.39 is 0 Å². The number of alkyl halides is 1. The number of phenolic OH excluding ortho intramolecular Hbond substituents is 1. The second-order valence-electron chi connectivity index (χ2n) is 4.45. The first-order valence-electron chi connectivity index (χ1n) is 6.39. The lowest BCUT2D eigenvalue weighted by atomic mass is 10.1. The normalized spacial score (nSPS) is 10.2. The predicted octanol–water partition coefficient (Wildman–Crippen LogP) is 3.43. The number of carbonyl (C=O) groups is 1. The molecule has 104 valence electrons. The molecule has 2 rings (SSSR count). The Bertz CT molecular complexity index is 554. The molecule has 0 aliphatic carbocycles. The van der Waals surface area contributed by atoms with Gasteiger partial charge in [-0.15, -0.1) is 0 Å². The van der Waals surface area contributed by atoms with Crippen LogP contribution >= 0.6 is 15.9 Å². The SMILES string of the molecule is O=C(c1ccc(O)cc1)N(CCBr)Cc1ccccc1. The van der Waals surface area contributed by atoms with E-state index in [1.165, 1.54) is 12.1 Å². The number of hydrogen-bond acceptors (Lipinski definition) is 2. The number of aromatic hydroxyl groups is 1. The van der Waals surface area contributed by atoms with Crippen molar-refractivity contribution in [3.63, 3.8) is 0 Å². The largest absolute Gasteiger partial charge is 0.508 e. The molecule has 20 heavy (non-hydrogen) atoms. The molecule has 0 fully saturated rings. The average molecular weight is 334 g/mol. The summed E-state index contributed by atoms with van der Waals surface area (Å²) < 4.78 is 0. The molecule has 0 aliphatic rings. The maximum Gasteiger partial charge on any atom is 0.254 e. The van der Waals surface area contributed by atoms with E-state index in [2.05, 4.69) is 15.9 Å². The Labute approximate surface area is 127 Å². The van der Waals surface area contributed by atoms with Crippen LogP contribution in [0.5, 0.6) is 5.75 Å². The Morgan fingerprint density at radius 1 is 1.05 bits per heavy atom. The third kappa shape index (κ3) is 3.84. The van der Waals surface area contributed by atoms with Gasteiger partial charge in [-0.25, -0.2) is 0 Å². The van der Waals surface area contributed by atoms with Crippen molar-refractivity contribution in [2.24, 2.45) is 0 Å². The van der Waals surface area contributed by atoms with Gasteiger partial charge in [0.25, 0.3) is 5.91 Å². The van der Waals surface area contributed by atoms with Gasteiger partial charge in [0.2, 0.25) is 0 Å². The molecule has 0 bridgehead atoms. The molecule has 0 heterocycles. The van der Waals surface area contributed by atoms with Crippen LogP contribution in [0, 0.1) is 0 Å². The fraction of sp³-hybridized carbons (Fsp3) is 0.188. The number of amides is 1. The van der Waals surface area contributed by atoms with Crippen molar-refractivity contribution in [1.29, 1.82) is 0 Å². The summed E-state index contributed by atoms with van der Waals surface area (Å²) >= 11 is 3.38. The molecule has 0 aromatic heterocycles. The first kappa shape index (κ1) is 14.6. The van der Waals surface area contributed by atoms with Gasteiger partial charge in [-0.2, -0.15) is 0 Å². The van der Waals surface area contributed by atoms with E-state index in [0.717, 1.165) is 10.9 Å². The second-order valence-corrected chi connectivity index (χ2v) is 5.24. The van der Waals surface area contributed by atoms with E-state index in [0.29, 0.717) is 18.7 Å². The molecule has 0 aliphatic heterocycles. The van der Waals surface area contributed by atoms with Gasteiger partial charge in [-0.05, 0) is 29.8 Å². The van der Waals surface area contributed by atoms with Crippen LogP contribution in [0.25, 0.3) is 0 Å². The summed E-state index contributed by atoms with van der Waals surface area (Å²) in [6.45, 7) is 1.21. The van der Waals surface area contributed by atoms with E-state index in [9.17, 15) is 9.90 Å². The maximum atomic E-state index is 12.5. The fourth-order valence-electron chi connectivity index (χ4n) is 1.94. The van der Waals surface area contributed by atoms with Crippen LogP contribution in [-0.2, 0) is 6.54 Å². The zero-order valence-corrected chi connectivity index (χ0v) is 12.6. The van der Waals surface area contributed by atoms with Gasteiger partial charge in [0.15, 0.2) is 0 Å². The number of benzene rings is 2. The van der Waals surface area contributed by atoms with Crippen molar-refractivity contribution in [2.45, 2.75) is 6.54 Å². The molecule has 2 aromatic carbocycles. The lowest BCUT2D eigenvalue weighted by Crippen LogP contribution is -2.32. The number of phenols is 1. The van der Waals surface area contributed by atoms with E-state index in [1.54, 1.807) is 17.0 Å². The van der Waals surface area contributed by atoms with Gasteiger partial charge in [0.1, 0.15) is 5.75 Å². The molecular weight excluding hydrogens is 318 g/mol. The molecular formula is C16H16BrNO2. The molecule has 1 amide bonds. The predicted molar refractivity (Wildman–Crippen MR) is 83.1 cm³/mol. The molecule has 0 spiro atoms. The van der Waals surface area contributed by atoms with Crippen LogP contribution in [0.4, 0.5) is 0 Å². The molecule has 0 saturated carbocycles. The van der Waals surface area contributed by atoms with Crippen molar-refractivity contribution in [3.8, 4) is 5.75 Å². The number of carbonyl (C=O) groups excluding carboxylic acids is 1. The Hall–Kier alpha value is -1.81. The first-order valence-corrected chi connectivity index (χ1v) is 7.51. The number of halogens is 1.